The second kappa shape index (κ2) is 6.54. The van der Waals surface area contributed by atoms with Crippen molar-refractivity contribution in [3.05, 3.63) is 66.2 Å². The van der Waals surface area contributed by atoms with Crippen LogP contribution in [0.1, 0.15) is 35.0 Å². The highest BCUT2D eigenvalue weighted by molar-refractivity contribution is 6.06. The molecule has 0 saturated heterocycles. The van der Waals surface area contributed by atoms with Crippen molar-refractivity contribution in [3.8, 4) is 0 Å². The number of carbonyl (C=O) groups excluding carboxylic acids is 2. The highest BCUT2D eigenvalue weighted by Crippen LogP contribution is 2.15. The number of hydrogen-bond donors (Lipinski definition) is 2. The van der Waals surface area contributed by atoms with Gasteiger partial charge in [-0.25, -0.2) is 4.98 Å². The minimum Gasteiger partial charge on any atom is -0.348 e. The van der Waals surface area contributed by atoms with E-state index in [9.17, 15) is 9.59 Å². The molecule has 6 nitrogen and oxygen atoms in total. The highest BCUT2D eigenvalue weighted by Gasteiger charge is 2.21. The number of benzene rings is 1. The van der Waals surface area contributed by atoms with Gasteiger partial charge in [0, 0.05) is 17.9 Å². The Hall–Kier alpha value is -3.15. The quantitative estimate of drug-likeness (QED) is 0.775. The van der Waals surface area contributed by atoms with Crippen LogP contribution < -0.4 is 10.6 Å². The van der Waals surface area contributed by atoms with Crippen molar-refractivity contribution in [3.63, 3.8) is 0 Å². The average molecular weight is 322 g/mol. The molecule has 0 radical (unpaired) electrons. The number of fused-ring (bicyclic) bond motifs is 1. The Morgan fingerprint density at radius 1 is 1.00 bits per heavy atom. The van der Waals surface area contributed by atoms with Crippen LogP contribution in [0.15, 0.2) is 54.7 Å². The maximum atomic E-state index is 12.6. The molecule has 1 aromatic carbocycles. The van der Waals surface area contributed by atoms with Crippen LogP contribution in [0.3, 0.4) is 0 Å². The van der Waals surface area contributed by atoms with Crippen molar-refractivity contribution in [1.29, 1.82) is 0 Å². The fourth-order valence-corrected chi connectivity index (χ4v) is 2.40. The first-order valence-corrected chi connectivity index (χ1v) is 7.70. The van der Waals surface area contributed by atoms with Crippen molar-refractivity contribution < 1.29 is 9.59 Å². The molecule has 0 bridgehead atoms. The predicted octanol–water partition coefficient (Wildman–Crippen LogP) is 2.72. The Morgan fingerprint density at radius 2 is 1.71 bits per heavy atom. The third-order valence-electron chi connectivity index (χ3n) is 3.42. The Morgan fingerprint density at radius 3 is 2.42 bits per heavy atom. The van der Waals surface area contributed by atoms with Gasteiger partial charge in [0.05, 0.1) is 5.52 Å². The summed E-state index contributed by atoms with van der Waals surface area (Å²) in [5.74, 6) is -0.498. The van der Waals surface area contributed by atoms with Crippen LogP contribution in [0, 0.1) is 0 Å². The maximum absolute atomic E-state index is 12.6. The molecule has 0 aliphatic heterocycles. The van der Waals surface area contributed by atoms with Crippen molar-refractivity contribution in [1.82, 2.24) is 14.7 Å². The molecule has 122 valence electrons. The number of aromatic nitrogens is 2. The molecule has 0 saturated carbocycles. The molecule has 6 heteroatoms. The molecule has 0 fully saturated rings. The molecule has 2 heterocycles. The van der Waals surface area contributed by atoms with E-state index in [4.69, 9.17) is 0 Å². The lowest BCUT2D eigenvalue weighted by Gasteiger charge is -2.06. The second-order valence-electron chi connectivity index (χ2n) is 5.69. The molecule has 0 aliphatic carbocycles. The minimum absolute atomic E-state index is 0.0143. The largest absolute Gasteiger partial charge is 0.348 e. The molecule has 2 N–H and O–H groups in total. The van der Waals surface area contributed by atoms with Gasteiger partial charge in [0.1, 0.15) is 0 Å². The molecular weight excluding hydrogens is 304 g/mol. The van der Waals surface area contributed by atoms with Crippen molar-refractivity contribution in [2.75, 3.05) is 5.32 Å². The molecule has 3 aromatic rings. The topological polar surface area (TPSA) is 75.5 Å². The summed E-state index contributed by atoms with van der Waals surface area (Å²) in [4.78, 5) is 29.2. The molecule has 3 rings (SSSR count). The normalized spacial score (nSPS) is 10.8. The van der Waals surface area contributed by atoms with E-state index < -0.39 is 0 Å². The van der Waals surface area contributed by atoms with Gasteiger partial charge >= 0.3 is 0 Å². The van der Waals surface area contributed by atoms with Gasteiger partial charge in [-0.15, -0.1) is 0 Å². The van der Waals surface area contributed by atoms with E-state index >= 15 is 0 Å². The zero-order valence-corrected chi connectivity index (χ0v) is 13.5. The third-order valence-corrected chi connectivity index (χ3v) is 3.42. The van der Waals surface area contributed by atoms with Crippen LogP contribution in [0.5, 0.6) is 0 Å². The fraction of sp³-hybridized carbons (Fsp3) is 0.167. The van der Waals surface area contributed by atoms with Crippen LogP contribution in [0.4, 0.5) is 5.69 Å². The average Bonchev–Trinajstić information content (AvgIpc) is 2.95. The summed E-state index contributed by atoms with van der Waals surface area (Å²) < 4.78 is 1.62. The van der Waals surface area contributed by atoms with Gasteiger partial charge in [-0.1, -0.05) is 24.3 Å². The fourth-order valence-electron chi connectivity index (χ4n) is 2.40. The molecule has 0 atom stereocenters. The number of carbonyl (C=O) groups is 2. The van der Waals surface area contributed by atoms with E-state index in [1.165, 1.54) is 0 Å². The molecule has 0 spiro atoms. The third kappa shape index (κ3) is 3.12. The van der Waals surface area contributed by atoms with E-state index in [0.29, 0.717) is 11.2 Å². The summed E-state index contributed by atoms with van der Waals surface area (Å²) in [7, 11) is 0. The molecular formula is C18H18N4O2. The number of amides is 2. The van der Waals surface area contributed by atoms with Gasteiger partial charge in [0.2, 0.25) is 5.82 Å². The summed E-state index contributed by atoms with van der Waals surface area (Å²) in [5.41, 5.74) is 1.50. The molecule has 24 heavy (non-hydrogen) atoms. The van der Waals surface area contributed by atoms with Crippen LogP contribution in [0.25, 0.3) is 5.52 Å². The summed E-state index contributed by atoms with van der Waals surface area (Å²) in [6.45, 7) is 3.75. The van der Waals surface area contributed by atoms with Crippen LogP contribution >= 0.6 is 0 Å². The number of hydrogen-bond acceptors (Lipinski definition) is 3. The summed E-state index contributed by atoms with van der Waals surface area (Å²) >= 11 is 0. The van der Waals surface area contributed by atoms with Crippen molar-refractivity contribution in [2.45, 2.75) is 19.9 Å². The lowest BCUT2D eigenvalue weighted by atomic mass is 10.3. The summed E-state index contributed by atoms with van der Waals surface area (Å²) in [6.07, 6.45) is 1.72. The monoisotopic (exact) mass is 322 g/mol. The SMILES string of the molecule is CC(C)NC(=O)c1nc(C(=O)Nc2ccccc2)n2ccccc12. The first-order chi connectivity index (χ1) is 11.6. The van der Waals surface area contributed by atoms with Gasteiger partial charge in [-0.2, -0.15) is 0 Å². The van der Waals surface area contributed by atoms with Gasteiger partial charge in [-0.3, -0.25) is 14.0 Å². The van der Waals surface area contributed by atoms with Crippen LogP contribution in [0.2, 0.25) is 0 Å². The number of imidazole rings is 1. The van der Waals surface area contributed by atoms with Crippen LogP contribution in [-0.4, -0.2) is 27.2 Å². The number of pyridine rings is 1. The van der Waals surface area contributed by atoms with E-state index in [0.717, 1.165) is 0 Å². The first kappa shape index (κ1) is 15.7. The Balaban J connectivity index is 1.99. The summed E-state index contributed by atoms with van der Waals surface area (Å²) in [5, 5.41) is 5.60. The van der Waals surface area contributed by atoms with Gasteiger partial charge < -0.3 is 10.6 Å². The standard InChI is InChI=1S/C18H18N4O2/c1-12(2)19-17(23)15-14-10-6-7-11-22(14)16(21-15)18(24)20-13-8-4-3-5-9-13/h3-12H,1-2H3,(H,19,23)(H,20,24). The number of para-hydroxylation sites is 1. The van der Waals surface area contributed by atoms with Crippen molar-refractivity contribution in [2.24, 2.45) is 0 Å². The number of rotatable bonds is 4. The smallest absolute Gasteiger partial charge is 0.292 e. The molecule has 2 aromatic heterocycles. The number of nitrogens with zero attached hydrogens (tertiary/aromatic N) is 2. The van der Waals surface area contributed by atoms with Gasteiger partial charge in [0.25, 0.3) is 11.8 Å². The Kier molecular flexibility index (Phi) is 4.29. The zero-order chi connectivity index (χ0) is 17.1. The van der Waals surface area contributed by atoms with Crippen LogP contribution in [-0.2, 0) is 0 Å². The van der Waals surface area contributed by atoms with E-state index in [2.05, 4.69) is 15.6 Å². The lowest BCUT2D eigenvalue weighted by Crippen LogP contribution is -2.30. The van der Waals surface area contributed by atoms with Gasteiger partial charge in [-0.05, 0) is 38.1 Å². The molecule has 2 amide bonds. The van der Waals surface area contributed by atoms with E-state index in [-0.39, 0.29) is 29.4 Å². The first-order valence-electron chi connectivity index (χ1n) is 7.70. The Labute approximate surface area is 139 Å². The summed E-state index contributed by atoms with van der Waals surface area (Å²) in [6, 6.07) is 14.5. The van der Waals surface area contributed by atoms with Crippen molar-refractivity contribution >= 4 is 23.0 Å². The highest BCUT2D eigenvalue weighted by atomic mass is 16.2. The molecule has 0 aliphatic rings. The lowest BCUT2D eigenvalue weighted by molar-refractivity contribution is 0.0940. The molecule has 0 unspecified atom stereocenters. The second-order valence-corrected chi connectivity index (χ2v) is 5.69. The minimum atomic E-state index is -0.369. The maximum Gasteiger partial charge on any atom is 0.292 e. The zero-order valence-electron chi connectivity index (χ0n) is 13.5. The predicted molar refractivity (Wildman–Crippen MR) is 92.2 cm³/mol. The Bertz CT molecular complexity index is 884. The number of anilines is 1. The van der Waals surface area contributed by atoms with E-state index in [1.54, 1.807) is 34.9 Å². The van der Waals surface area contributed by atoms with E-state index in [1.807, 2.05) is 38.1 Å². The van der Waals surface area contributed by atoms with Gasteiger partial charge in [0.15, 0.2) is 5.69 Å². The number of nitrogens with one attached hydrogen (secondary N) is 2.